The second kappa shape index (κ2) is 5.97. The molecule has 0 spiro atoms. The fourth-order valence-electron chi connectivity index (χ4n) is 2.20. The summed E-state index contributed by atoms with van der Waals surface area (Å²) in [6, 6.07) is 2.57. The topological polar surface area (TPSA) is 37.8 Å². The van der Waals surface area contributed by atoms with Crippen LogP contribution in [0.15, 0.2) is 17.8 Å². The van der Waals surface area contributed by atoms with E-state index in [0.717, 1.165) is 29.9 Å². The Kier molecular flexibility index (Phi) is 4.53. The quantitative estimate of drug-likeness (QED) is 0.906. The zero-order valence-corrected chi connectivity index (χ0v) is 13.0. The van der Waals surface area contributed by atoms with Crippen molar-refractivity contribution in [2.24, 2.45) is 5.41 Å². The van der Waals surface area contributed by atoms with Crippen LogP contribution in [0, 0.1) is 5.41 Å². The molecule has 0 fully saturated rings. The van der Waals surface area contributed by atoms with Gasteiger partial charge in [0.2, 0.25) is 0 Å². The average Bonchev–Trinajstić information content (AvgIpc) is 2.81. The molecule has 1 atom stereocenters. The Morgan fingerprint density at radius 2 is 2.11 bits per heavy atom. The summed E-state index contributed by atoms with van der Waals surface area (Å²) in [6.45, 7) is 10.1. The third kappa shape index (κ3) is 3.51. The van der Waals surface area contributed by atoms with Crippen molar-refractivity contribution in [1.29, 1.82) is 0 Å². The predicted octanol–water partition coefficient (Wildman–Crippen LogP) is 3.65. The molecule has 0 aliphatic heterocycles. The number of hydrogen-bond acceptors (Lipinski definition) is 4. The first-order chi connectivity index (χ1) is 9.02. The van der Waals surface area contributed by atoms with E-state index in [1.54, 1.807) is 17.7 Å². The normalized spacial score (nSPS) is 13.9. The van der Waals surface area contributed by atoms with Gasteiger partial charge in [-0.3, -0.25) is 0 Å². The molecule has 2 heterocycles. The van der Waals surface area contributed by atoms with Crippen molar-refractivity contribution < 1.29 is 0 Å². The second-order valence-electron chi connectivity index (χ2n) is 6.04. The molecule has 19 heavy (non-hydrogen) atoms. The van der Waals surface area contributed by atoms with Gasteiger partial charge in [-0.2, -0.15) is 0 Å². The highest BCUT2D eigenvalue weighted by Gasteiger charge is 2.25. The molecule has 0 saturated carbocycles. The molecule has 0 aliphatic carbocycles. The van der Waals surface area contributed by atoms with E-state index in [0.29, 0.717) is 6.04 Å². The van der Waals surface area contributed by atoms with Crippen LogP contribution in [0.25, 0.3) is 10.2 Å². The van der Waals surface area contributed by atoms with Crippen LogP contribution < -0.4 is 5.32 Å². The highest BCUT2D eigenvalue weighted by molar-refractivity contribution is 7.16. The van der Waals surface area contributed by atoms with E-state index in [-0.39, 0.29) is 5.41 Å². The molecule has 2 aromatic rings. The molecule has 0 bridgehead atoms. The van der Waals surface area contributed by atoms with Gasteiger partial charge in [-0.15, -0.1) is 11.3 Å². The van der Waals surface area contributed by atoms with Crippen molar-refractivity contribution in [3.63, 3.8) is 0 Å². The Balaban J connectivity index is 2.23. The fourth-order valence-corrected chi connectivity index (χ4v) is 2.95. The Morgan fingerprint density at radius 3 is 2.79 bits per heavy atom. The Labute approximate surface area is 119 Å². The van der Waals surface area contributed by atoms with Crippen LogP contribution in [0.4, 0.5) is 0 Å². The van der Waals surface area contributed by atoms with Gasteiger partial charge >= 0.3 is 0 Å². The summed E-state index contributed by atoms with van der Waals surface area (Å²) in [4.78, 5) is 9.91. The molecule has 0 radical (unpaired) electrons. The number of nitrogens with one attached hydrogen (secondary N) is 1. The Bertz CT molecular complexity index is 527. The minimum Gasteiger partial charge on any atom is -0.313 e. The van der Waals surface area contributed by atoms with Gasteiger partial charge in [0.05, 0.1) is 5.69 Å². The molecule has 1 unspecified atom stereocenters. The lowest BCUT2D eigenvalue weighted by Gasteiger charge is -2.31. The standard InChI is InChI=1S/C15H23N3S/c1-5-7-16-13(15(2,3)4)9-12-11-6-8-19-14(11)18-10-17-12/h6,8,10,13,16H,5,7,9H2,1-4H3. The third-order valence-corrected chi connectivity index (χ3v) is 4.25. The smallest absolute Gasteiger partial charge is 0.126 e. The zero-order valence-electron chi connectivity index (χ0n) is 12.2. The van der Waals surface area contributed by atoms with E-state index in [9.17, 15) is 0 Å². The van der Waals surface area contributed by atoms with Crippen LogP contribution in [0.5, 0.6) is 0 Å². The Hall–Kier alpha value is -1.00. The molecular formula is C15H23N3S. The minimum atomic E-state index is 0.225. The SMILES string of the molecule is CCCNC(Cc1ncnc2sccc12)C(C)(C)C. The summed E-state index contributed by atoms with van der Waals surface area (Å²) >= 11 is 1.68. The maximum Gasteiger partial charge on any atom is 0.126 e. The first-order valence-electron chi connectivity index (χ1n) is 6.93. The lowest BCUT2D eigenvalue weighted by atomic mass is 9.83. The van der Waals surface area contributed by atoms with E-state index in [1.807, 2.05) is 0 Å². The van der Waals surface area contributed by atoms with Crippen LogP contribution >= 0.6 is 11.3 Å². The van der Waals surface area contributed by atoms with Crippen molar-refractivity contribution in [1.82, 2.24) is 15.3 Å². The monoisotopic (exact) mass is 277 g/mol. The molecule has 1 N–H and O–H groups in total. The first kappa shape index (κ1) is 14.4. The highest BCUT2D eigenvalue weighted by Crippen LogP contribution is 2.26. The molecule has 3 nitrogen and oxygen atoms in total. The first-order valence-corrected chi connectivity index (χ1v) is 7.80. The van der Waals surface area contributed by atoms with Gasteiger partial charge in [0.1, 0.15) is 11.2 Å². The molecule has 0 saturated heterocycles. The van der Waals surface area contributed by atoms with Gasteiger partial charge < -0.3 is 5.32 Å². The van der Waals surface area contributed by atoms with E-state index in [1.165, 1.54) is 5.39 Å². The molecule has 104 valence electrons. The molecule has 0 aromatic carbocycles. The summed E-state index contributed by atoms with van der Waals surface area (Å²) < 4.78 is 0. The van der Waals surface area contributed by atoms with Gasteiger partial charge in [0, 0.05) is 17.8 Å². The maximum absolute atomic E-state index is 4.50. The van der Waals surface area contributed by atoms with Crippen LogP contribution in [0.3, 0.4) is 0 Å². The van der Waals surface area contributed by atoms with Crippen LogP contribution in [0.2, 0.25) is 0 Å². The molecule has 0 amide bonds. The van der Waals surface area contributed by atoms with Crippen molar-refractivity contribution in [3.05, 3.63) is 23.5 Å². The van der Waals surface area contributed by atoms with Crippen molar-refractivity contribution in [2.75, 3.05) is 6.54 Å². The predicted molar refractivity (Wildman–Crippen MR) is 82.7 cm³/mol. The third-order valence-electron chi connectivity index (χ3n) is 3.43. The summed E-state index contributed by atoms with van der Waals surface area (Å²) in [5.41, 5.74) is 1.39. The van der Waals surface area contributed by atoms with E-state index in [2.05, 4.69) is 54.4 Å². The lowest BCUT2D eigenvalue weighted by molar-refractivity contribution is 0.266. The highest BCUT2D eigenvalue weighted by atomic mass is 32.1. The van der Waals surface area contributed by atoms with E-state index >= 15 is 0 Å². The minimum absolute atomic E-state index is 0.225. The van der Waals surface area contributed by atoms with Gasteiger partial charge in [-0.05, 0) is 29.8 Å². The fraction of sp³-hybridized carbons (Fsp3) is 0.600. The lowest BCUT2D eigenvalue weighted by Crippen LogP contribution is -2.42. The summed E-state index contributed by atoms with van der Waals surface area (Å²) in [5.74, 6) is 0. The summed E-state index contributed by atoms with van der Waals surface area (Å²) in [6.07, 6.45) is 3.80. The van der Waals surface area contributed by atoms with Gasteiger partial charge in [0.25, 0.3) is 0 Å². The van der Waals surface area contributed by atoms with Crippen molar-refractivity contribution in [3.8, 4) is 0 Å². The van der Waals surface area contributed by atoms with Crippen molar-refractivity contribution >= 4 is 21.6 Å². The number of nitrogens with zero attached hydrogens (tertiary/aromatic N) is 2. The number of aromatic nitrogens is 2. The van der Waals surface area contributed by atoms with Gasteiger partial charge in [-0.1, -0.05) is 27.7 Å². The molecular weight excluding hydrogens is 254 g/mol. The molecule has 2 aromatic heterocycles. The molecule has 0 aliphatic rings. The van der Waals surface area contributed by atoms with Crippen LogP contribution in [0.1, 0.15) is 39.8 Å². The number of hydrogen-bond donors (Lipinski definition) is 1. The maximum atomic E-state index is 4.50. The molecule has 4 heteroatoms. The number of fused-ring (bicyclic) bond motifs is 1. The Morgan fingerprint density at radius 1 is 1.32 bits per heavy atom. The van der Waals surface area contributed by atoms with E-state index in [4.69, 9.17) is 0 Å². The van der Waals surface area contributed by atoms with Crippen LogP contribution in [-0.2, 0) is 6.42 Å². The van der Waals surface area contributed by atoms with Crippen molar-refractivity contribution in [2.45, 2.75) is 46.6 Å². The van der Waals surface area contributed by atoms with Gasteiger partial charge in [-0.25, -0.2) is 9.97 Å². The zero-order chi connectivity index (χ0) is 13.9. The summed E-state index contributed by atoms with van der Waals surface area (Å²) in [5, 5.41) is 6.96. The summed E-state index contributed by atoms with van der Waals surface area (Å²) in [7, 11) is 0. The largest absolute Gasteiger partial charge is 0.313 e. The average molecular weight is 277 g/mol. The number of rotatable bonds is 5. The van der Waals surface area contributed by atoms with E-state index < -0.39 is 0 Å². The molecule has 2 rings (SSSR count). The van der Waals surface area contributed by atoms with Gasteiger partial charge in [0.15, 0.2) is 0 Å². The second-order valence-corrected chi connectivity index (χ2v) is 6.93. The number of thiophene rings is 1. The van der Waals surface area contributed by atoms with Crippen LogP contribution in [-0.4, -0.2) is 22.6 Å².